The molecule has 0 spiro atoms. The van der Waals surface area contributed by atoms with Gasteiger partial charge in [-0.3, -0.25) is 9.46 Å². The Morgan fingerprint density at radius 1 is 1.29 bits per heavy atom. The van der Waals surface area contributed by atoms with Crippen molar-refractivity contribution in [1.29, 1.82) is 0 Å². The topological polar surface area (TPSA) is 38.5 Å². The van der Waals surface area contributed by atoms with Gasteiger partial charge in [0.1, 0.15) is 5.78 Å². The summed E-state index contributed by atoms with van der Waals surface area (Å²) in [5.74, 6) is -0.0448. The maximum atomic E-state index is 12.5. The number of hydrogen-bond acceptors (Lipinski definition) is 4. The van der Waals surface area contributed by atoms with Crippen LogP contribution < -0.4 is 0 Å². The van der Waals surface area contributed by atoms with Crippen LogP contribution in [0.25, 0.3) is 0 Å². The van der Waals surface area contributed by atoms with Gasteiger partial charge in [-0.15, -0.1) is 0 Å². The van der Waals surface area contributed by atoms with Crippen LogP contribution in [-0.4, -0.2) is 36.5 Å². The lowest BCUT2D eigenvalue weighted by Gasteiger charge is -2.29. The molecule has 1 aliphatic rings. The summed E-state index contributed by atoms with van der Waals surface area (Å²) in [6.07, 6.45) is 0. The highest BCUT2D eigenvalue weighted by Crippen LogP contribution is 2.60. The summed E-state index contributed by atoms with van der Waals surface area (Å²) in [7, 11) is -2.93. The van der Waals surface area contributed by atoms with Gasteiger partial charge in [-0.2, -0.15) is 0 Å². The van der Waals surface area contributed by atoms with E-state index in [1.165, 1.54) is 0 Å². The van der Waals surface area contributed by atoms with Gasteiger partial charge < -0.3 is 9.05 Å². The Morgan fingerprint density at radius 2 is 1.76 bits per heavy atom. The molecule has 0 bridgehead atoms. The van der Waals surface area contributed by atoms with Crippen molar-refractivity contribution < 1.29 is 13.6 Å². The molecule has 102 valence electrons. The first-order valence-corrected chi connectivity index (χ1v) is 8.02. The van der Waals surface area contributed by atoms with Crippen LogP contribution in [0.4, 0.5) is 0 Å². The van der Waals surface area contributed by atoms with Crippen molar-refractivity contribution in [3.05, 3.63) is 0 Å². The monoisotopic (exact) mass is 263 g/mol. The highest BCUT2D eigenvalue weighted by Gasteiger charge is 2.54. The van der Waals surface area contributed by atoms with Crippen molar-refractivity contribution in [2.75, 3.05) is 19.8 Å². The molecule has 17 heavy (non-hydrogen) atoms. The van der Waals surface area contributed by atoms with E-state index >= 15 is 0 Å². The maximum Gasteiger partial charge on any atom is 0.348 e. The minimum Gasteiger partial charge on any atom is -0.308 e. The third-order valence-corrected chi connectivity index (χ3v) is 5.78. The summed E-state index contributed by atoms with van der Waals surface area (Å²) < 4.78 is 23.3. The summed E-state index contributed by atoms with van der Waals surface area (Å²) in [5, 5.41) is 0. The molecule has 1 heterocycles. The molecule has 0 amide bonds. The van der Waals surface area contributed by atoms with E-state index < -0.39 is 7.60 Å². The second kappa shape index (κ2) is 5.40. The minimum absolute atomic E-state index is 0.0448. The summed E-state index contributed by atoms with van der Waals surface area (Å²) >= 11 is 0. The summed E-state index contributed by atoms with van der Waals surface area (Å²) in [4.78, 5) is 2.21. The van der Waals surface area contributed by atoms with Crippen molar-refractivity contribution in [3.63, 3.8) is 0 Å². The van der Waals surface area contributed by atoms with Gasteiger partial charge in [-0.25, -0.2) is 0 Å². The van der Waals surface area contributed by atoms with E-state index in [0.29, 0.717) is 19.3 Å². The highest BCUT2D eigenvalue weighted by atomic mass is 31.2. The van der Waals surface area contributed by atoms with Crippen LogP contribution in [0, 0.1) is 5.41 Å². The van der Waals surface area contributed by atoms with E-state index in [2.05, 4.69) is 32.6 Å². The molecule has 1 saturated heterocycles. The Balaban J connectivity index is 2.67. The van der Waals surface area contributed by atoms with Gasteiger partial charge in [0, 0.05) is 12.6 Å². The molecule has 0 aromatic heterocycles. The Morgan fingerprint density at radius 3 is 2.12 bits per heavy atom. The third-order valence-electron chi connectivity index (χ3n) is 3.36. The molecule has 5 heteroatoms. The Labute approximate surface area is 105 Å². The molecule has 1 aliphatic heterocycles. The maximum absolute atomic E-state index is 12.5. The van der Waals surface area contributed by atoms with Gasteiger partial charge in [0.25, 0.3) is 0 Å². The zero-order chi connectivity index (χ0) is 13.3. The molecule has 1 rings (SSSR count). The molecule has 0 radical (unpaired) electrons. The molecule has 1 unspecified atom stereocenters. The van der Waals surface area contributed by atoms with Gasteiger partial charge in [-0.05, 0) is 26.2 Å². The predicted octanol–water partition coefficient (Wildman–Crippen LogP) is 3.33. The fourth-order valence-electron chi connectivity index (χ4n) is 1.91. The van der Waals surface area contributed by atoms with Gasteiger partial charge in [0.05, 0.1) is 13.2 Å². The molecule has 4 nitrogen and oxygen atoms in total. The molecule has 0 aliphatic carbocycles. The Kier molecular flexibility index (Phi) is 4.81. The first-order chi connectivity index (χ1) is 7.76. The lowest BCUT2D eigenvalue weighted by Crippen LogP contribution is -2.31. The molecular weight excluding hydrogens is 237 g/mol. The average molecular weight is 263 g/mol. The zero-order valence-electron chi connectivity index (χ0n) is 11.9. The van der Waals surface area contributed by atoms with Crippen LogP contribution in [0.15, 0.2) is 0 Å². The quantitative estimate of drug-likeness (QED) is 0.544. The second-order valence-corrected chi connectivity index (χ2v) is 7.79. The van der Waals surface area contributed by atoms with E-state index in [-0.39, 0.29) is 11.2 Å². The Bertz CT molecular complexity index is 291. The van der Waals surface area contributed by atoms with E-state index in [1.807, 2.05) is 13.8 Å². The summed E-state index contributed by atoms with van der Waals surface area (Å²) in [5.41, 5.74) is 0.179. The fourth-order valence-corrected chi connectivity index (χ4v) is 4.00. The van der Waals surface area contributed by atoms with Gasteiger partial charge in [0.15, 0.2) is 0 Å². The van der Waals surface area contributed by atoms with Crippen LogP contribution in [-0.2, 0) is 13.6 Å². The molecule has 0 aromatic carbocycles. The highest BCUT2D eigenvalue weighted by molar-refractivity contribution is 7.55. The van der Waals surface area contributed by atoms with Gasteiger partial charge >= 0.3 is 7.60 Å². The van der Waals surface area contributed by atoms with Crippen molar-refractivity contribution >= 4 is 7.60 Å². The fraction of sp³-hybridized carbons (Fsp3) is 1.00. The SMILES string of the molecule is CCOP(=O)(OCC)[C@@H]1CN1[C@H](C)C(C)(C)C. The first-order valence-electron chi connectivity index (χ1n) is 6.40. The van der Waals surface area contributed by atoms with Crippen LogP contribution in [0.2, 0.25) is 0 Å². The van der Waals surface area contributed by atoms with E-state index in [9.17, 15) is 4.57 Å². The standard InChI is InChI=1S/C12H26NO3P/c1-7-15-17(14,16-8-2)11-9-13(11)10(3)12(4,5)6/h10-11H,7-9H2,1-6H3/t10-,11-,13?/m1/s1. The smallest absolute Gasteiger partial charge is 0.308 e. The molecule has 0 N–H and O–H groups in total. The average Bonchev–Trinajstić information content (AvgIpc) is 2.95. The number of nitrogens with zero attached hydrogens (tertiary/aromatic N) is 1. The number of hydrogen-bond donors (Lipinski definition) is 0. The van der Waals surface area contributed by atoms with Crippen LogP contribution in [0.1, 0.15) is 41.5 Å². The van der Waals surface area contributed by atoms with Crippen molar-refractivity contribution in [3.8, 4) is 0 Å². The van der Waals surface area contributed by atoms with Crippen LogP contribution in [0.3, 0.4) is 0 Å². The van der Waals surface area contributed by atoms with E-state index in [4.69, 9.17) is 9.05 Å². The Hall–Kier alpha value is 0.110. The van der Waals surface area contributed by atoms with Gasteiger partial charge in [0.2, 0.25) is 0 Å². The van der Waals surface area contributed by atoms with Crippen LogP contribution in [0.5, 0.6) is 0 Å². The lowest BCUT2D eigenvalue weighted by atomic mass is 9.88. The van der Waals surface area contributed by atoms with Crippen molar-refractivity contribution in [2.24, 2.45) is 5.41 Å². The first kappa shape index (κ1) is 15.2. The number of rotatable bonds is 6. The van der Waals surface area contributed by atoms with Crippen molar-refractivity contribution in [1.82, 2.24) is 4.90 Å². The predicted molar refractivity (Wildman–Crippen MR) is 70.3 cm³/mol. The summed E-state index contributed by atoms with van der Waals surface area (Å²) in [6, 6.07) is 0.377. The van der Waals surface area contributed by atoms with Gasteiger partial charge in [-0.1, -0.05) is 20.8 Å². The molecular formula is C12H26NO3P. The zero-order valence-corrected chi connectivity index (χ0v) is 12.8. The van der Waals surface area contributed by atoms with E-state index in [0.717, 1.165) is 6.54 Å². The third kappa shape index (κ3) is 3.54. The van der Waals surface area contributed by atoms with Crippen LogP contribution >= 0.6 is 7.60 Å². The largest absolute Gasteiger partial charge is 0.348 e. The summed E-state index contributed by atoms with van der Waals surface area (Å²) in [6.45, 7) is 14.1. The normalized spacial score (nSPS) is 26.9. The molecule has 1 fully saturated rings. The second-order valence-electron chi connectivity index (χ2n) is 5.59. The van der Waals surface area contributed by atoms with E-state index in [1.54, 1.807) is 0 Å². The minimum atomic E-state index is -2.93. The van der Waals surface area contributed by atoms with Crippen molar-refractivity contribution in [2.45, 2.75) is 53.4 Å². The molecule has 0 saturated carbocycles. The molecule has 3 atom stereocenters. The molecule has 0 aromatic rings. The lowest BCUT2D eigenvalue weighted by molar-refractivity contribution is 0.191.